The SMILES string of the molecule is CCCCc1c2c(nc3cc4c(c(NC(=O)OCc5ccc(O[C@@H]6O[C@H](C(=O)O)[C@@H](O)[C@H](O)[C@H]6O)c(NC(O)CCNC(=O)CCN6C(=O)C=CC6=O)c5)c13)OCO4)-c1cc3c(c(=O)n1C2)COC(=O)[C@@]3(C)O. The highest BCUT2D eigenvalue weighted by Gasteiger charge is 2.48. The molecule has 5 aliphatic heterocycles. The van der Waals surface area contributed by atoms with Crippen LogP contribution in [0.25, 0.3) is 22.3 Å². The molecule has 7 heterocycles. The number of aliphatic carboxylic acids is 1. The fourth-order valence-electron chi connectivity index (χ4n) is 9.20. The Balaban J connectivity index is 0.960. The first kappa shape index (κ1) is 50.3. The topological polar surface area (TPSA) is 353 Å². The van der Waals surface area contributed by atoms with Crippen LogP contribution in [0, 0.1) is 0 Å². The summed E-state index contributed by atoms with van der Waals surface area (Å²) in [5.41, 5.74) is 0.791. The summed E-state index contributed by atoms with van der Waals surface area (Å²) in [5.74, 6) is -3.86. The van der Waals surface area contributed by atoms with Gasteiger partial charge in [-0.25, -0.2) is 19.4 Å². The number of aromatic nitrogens is 2. The average molecular weight is 1010 g/mol. The molecule has 2 aromatic heterocycles. The summed E-state index contributed by atoms with van der Waals surface area (Å²) < 4.78 is 35.1. The van der Waals surface area contributed by atoms with E-state index in [1.807, 2.05) is 6.92 Å². The monoisotopic (exact) mass is 1010 g/mol. The number of rotatable bonds is 17. The maximum absolute atomic E-state index is 13.9. The number of benzene rings is 2. The summed E-state index contributed by atoms with van der Waals surface area (Å²) >= 11 is 0. The predicted molar refractivity (Wildman–Crippen MR) is 248 cm³/mol. The molecule has 4 aromatic rings. The summed E-state index contributed by atoms with van der Waals surface area (Å²) in [5, 5.41) is 71.7. The molecule has 25 nitrogen and oxygen atoms in total. The van der Waals surface area contributed by atoms with Gasteiger partial charge in [0.25, 0.3) is 17.4 Å². The molecule has 1 saturated heterocycles. The summed E-state index contributed by atoms with van der Waals surface area (Å²) in [6, 6.07) is 7.37. The lowest BCUT2D eigenvalue weighted by atomic mass is 9.89. The fraction of sp³-hybridized carbons (Fsp3) is 0.417. The number of carboxylic acids is 1. The molecule has 5 aliphatic rings. The number of aryl methyl sites for hydroxylation is 1. The van der Waals surface area contributed by atoms with E-state index < -0.39 is 90.5 Å². The van der Waals surface area contributed by atoms with E-state index >= 15 is 0 Å². The van der Waals surface area contributed by atoms with E-state index in [4.69, 9.17) is 33.4 Å². The molecule has 2 aromatic carbocycles. The smallest absolute Gasteiger partial charge is 0.412 e. The third-order valence-corrected chi connectivity index (χ3v) is 13.1. The van der Waals surface area contributed by atoms with Gasteiger partial charge in [0.1, 0.15) is 49.2 Å². The Kier molecular flexibility index (Phi) is 13.8. The van der Waals surface area contributed by atoms with E-state index in [0.29, 0.717) is 40.7 Å². The van der Waals surface area contributed by atoms with Crippen LogP contribution in [0.3, 0.4) is 0 Å². The van der Waals surface area contributed by atoms with Gasteiger partial charge in [-0.05, 0) is 49.1 Å². The highest BCUT2D eigenvalue weighted by molar-refractivity contribution is 6.13. The van der Waals surface area contributed by atoms with Crippen LogP contribution >= 0.6 is 0 Å². The van der Waals surface area contributed by atoms with Gasteiger partial charge in [-0.3, -0.25) is 29.4 Å². The van der Waals surface area contributed by atoms with Gasteiger partial charge < -0.3 is 74.3 Å². The molecule has 1 fully saturated rings. The van der Waals surface area contributed by atoms with Crippen molar-refractivity contribution in [2.75, 3.05) is 30.5 Å². The molecule has 0 aliphatic carbocycles. The van der Waals surface area contributed by atoms with E-state index in [1.54, 1.807) is 12.1 Å². The number of aliphatic hydroxyl groups excluding tert-OH is 4. The van der Waals surface area contributed by atoms with Crippen molar-refractivity contribution in [2.24, 2.45) is 0 Å². The Labute approximate surface area is 412 Å². The molecule has 1 unspecified atom stereocenters. The summed E-state index contributed by atoms with van der Waals surface area (Å²) in [7, 11) is 0. The van der Waals surface area contributed by atoms with Crippen LogP contribution in [0.5, 0.6) is 17.2 Å². The minimum atomic E-state index is -2.08. The Morgan fingerprint density at radius 3 is 2.49 bits per heavy atom. The number of pyridine rings is 2. The van der Waals surface area contributed by atoms with E-state index in [9.17, 15) is 64.2 Å². The molecule has 73 heavy (non-hydrogen) atoms. The lowest BCUT2D eigenvalue weighted by Crippen LogP contribution is -2.61. The molecular formula is C48H50N6O19. The number of esters is 1. The highest BCUT2D eigenvalue weighted by atomic mass is 16.7. The van der Waals surface area contributed by atoms with Crippen molar-refractivity contribution in [3.63, 3.8) is 0 Å². The van der Waals surface area contributed by atoms with Gasteiger partial charge in [0.2, 0.25) is 19.0 Å². The zero-order chi connectivity index (χ0) is 52.0. The molecule has 0 radical (unpaired) electrons. The number of cyclic esters (lactones) is 1. The first-order valence-electron chi connectivity index (χ1n) is 23.2. The second kappa shape index (κ2) is 20.1. The normalized spacial score (nSPS) is 22.9. The van der Waals surface area contributed by atoms with Crippen LogP contribution in [-0.2, 0) is 70.0 Å². The van der Waals surface area contributed by atoms with Crippen molar-refractivity contribution in [3.8, 4) is 28.6 Å². The summed E-state index contributed by atoms with van der Waals surface area (Å²) in [6.45, 7) is 2.19. The fourth-order valence-corrected chi connectivity index (χ4v) is 9.20. The van der Waals surface area contributed by atoms with Gasteiger partial charge in [-0.2, -0.15) is 0 Å². The van der Waals surface area contributed by atoms with Gasteiger partial charge in [0.05, 0.1) is 34.7 Å². The van der Waals surface area contributed by atoms with Gasteiger partial charge >= 0.3 is 18.0 Å². The molecule has 25 heteroatoms. The third kappa shape index (κ3) is 9.60. The lowest BCUT2D eigenvalue weighted by Gasteiger charge is -2.38. The number of carbonyl (C=O) groups is 6. The average Bonchev–Trinajstić information content (AvgIpc) is 4.07. The molecular weight excluding hydrogens is 965 g/mol. The number of hydrogen-bond donors (Lipinski definition) is 9. The van der Waals surface area contributed by atoms with Crippen LogP contribution < -0.4 is 35.7 Å². The maximum atomic E-state index is 13.9. The van der Waals surface area contributed by atoms with E-state index in [2.05, 4.69) is 16.0 Å². The van der Waals surface area contributed by atoms with Gasteiger partial charge in [0.15, 0.2) is 23.2 Å². The minimum absolute atomic E-state index is 0.0243. The van der Waals surface area contributed by atoms with Crippen molar-refractivity contribution >= 4 is 58.0 Å². The lowest BCUT2D eigenvalue weighted by molar-refractivity contribution is -0.271. The molecule has 0 bridgehead atoms. The van der Waals surface area contributed by atoms with Crippen LogP contribution in [0.4, 0.5) is 16.2 Å². The van der Waals surface area contributed by atoms with E-state index in [0.717, 1.165) is 29.0 Å². The first-order valence-corrected chi connectivity index (χ1v) is 23.2. The molecule has 0 spiro atoms. The number of amides is 4. The van der Waals surface area contributed by atoms with Crippen LogP contribution in [0.15, 0.2) is 47.3 Å². The second-order valence-electron chi connectivity index (χ2n) is 18.0. The second-order valence-corrected chi connectivity index (χ2v) is 18.0. The van der Waals surface area contributed by atoms with Crippen LogP contribution in [0.2, 0.25) is 0 Å². The zero-order valence-corrected chi connectivity index (χ0v) is 39.1. The number of fused-ring (bicyclic) bond motifs is 6. The van der Waals surface area contributed by atoms with Crippen LogP contribution in [0.1, 0.15) is 67.3 Å². The van der Waals surface area contributed by atoms with Crippen molar-refractivity contribution in [2.45, 2.75) is 108 Å². The number of nitrogens with zero attached hydrogens (tertiary/aromatic N) is 3. The number of aliphatic hydroxyl groups is 5. The van der Waals surface area contributed by atoms with E-state index in [1.165, 1.54) is 29.7 Å². The van der Waals surface area contributed by atoms with Gasteiger partial charge in [-0.1, -0.05) is 19.4 Å². The van der Waals surface area contributed by atoms with Crippen LogP contribution in [-0.4, -0.2) is 138 Å². The third-order valence-electron chi connectivity index (χ3n) is 13.1. The van der Waals surface area contributed by atoms with Gasteiger partial charge in [-0.15, -0.1) is 0 Å². The molecule has 0 saturated carbocycles. The Bertz CT molecular complexity index is 3030. The van der Waals surface area contributed by atoms with Crippen molar-refractivity contribution in [3.05, 3.63) is 80.7 Å². The number of anilines is 2. The van der Waals surface area contributed by atoms with Crippen molar-refractivity contribution in [1.82, 2.24) is 19.8 Å². The molecule has 4 amide bonds. The van der Waals surface area contributed by atoms with E-state index in [-0.39, 0.29) is 91.2 Å². The van der Waals surface area contributed by atoms with Crippen molar-refractivity contribution < 1.29 is 87.8 Å². The van der Waals surface area contributed by atoms with Gasteiger partial charge in [0, 0.05) is 60.7 Å². The molecule has 7 atom stereocenters. The Morgan fingerprint density at radius 2 is 1.75 bits per heavy atom. The first-order chi connectivity index (χ1) is 34.9. The molecule has 9 rings (SSSR count). The Hall–Kier alpha value is -7.68. The summed E-state index contributed by atoms with van der Waals surface area (Å²) in [6.07, 6.45) is -8.38. The number of nitrogens with one attached hydrogen (secondary N) is 3. The number of ether oxygens (including phenoxy) is 6. The number of hydrogen-bond acceptors (Lipinski definition) is 20. The molecule has 386 valence electrons. The Morgan fingerprint density at radius 1 is 0.986 bits per heavy atom. The van der Waals surface area contributed by atoms with Crippen molar-refractivity contribution in [1.29, 1.82) is 0 Å². The molecule has 9 N–H and O–H groups in total. The number of unbranched alkanes of at least 4 members (excludes halogenated alkanes) is 1. The number of carbonyl (C=O) groups excluding carboxylic acids is 5. The maximum Gasteiger partial charge on any atom is 0.412 e. The number of carboxylic acid groups (broad SMARTS) is 1. The number of imide groups is 1. The quantitative estimate of drug-likeness (QED) is 0.0344. The highest BCUT2D eigenvalue weighted by Crippen LogP contribution is 2.49. The largest absolute Gasteiger partial charge is 0.479 e. The summed E-state index contributed by atoms with van der Waals surface area (Å²) in [4.78, 5) is 94.3. The predicted octanol–water partition coefficient (Wildman–Crippen LogP) is 0.332. The minimum Gasteiger partial charge on any atom is -0.479 e. The standard InChI is InChI=1S/C48H50N6O19/c1-3-4-5-22-23-17-54-28(15-25-24(43(54)62)19-68-46(65)48(25,2)67)36(23)51-27-16-30-41(71-20-70-30)37(35(22)27)52-47(66)69-18-21-6-7-29(72-45-40(61)38(59)39(60)42(73-45)44(63)64)26(14-21)50-32(56)10-12-49-31(55)11-13-53-33(57)8-9-34(53)58/h6-9,14-16,32,38-40,42,45,50,56,59-61,67H,3-5,10-13,17-20H2,1-2H3,(H,49,55)(H,52,66)(H,63,64)/t32?,38-,39-,40+,42-,45+,48-/m0/s1. The zero-order valence-electron chi connectivity index (χ0n) is 39.1.